The molecule has 6 nitrogen and oxygen atoms in total. The highest BCUT2D eigenvalue weighted by molar-refractivity contribution is 6.35. The number of aromatic nitrogens is 1. The van der Waals surface area contributed by atoms with Crippen LogP contribution in [0.15, 0.2) is 60.8 Å². The van der Waals surface area contributed by atoms with Crippen LogP contribution in [0.2, 0.25) is 15.1 Å². The Labute approximate surface area is 194 Å². The zero-order chi connectivity index (χ0) is 22.2. The first-order valence-electron chi connectivity index (χ1n) is 9.34. The lowest BCUT2D eigenvalue weighted by Gasteiger charge is -2.12. The van der Waals surface area contributed by atoms with E-state index in [9.17, 15) is 9.59 Å². The molecular weight excluding hydrogens is 461 g/mol. The number of carbonyl (C=O) groups excluding carboxylic acids is 2. The largest absolute Gasteiger partial charge is 0.435 e. The number of hydrogen-bond acceptors (Lipinski definition) is 4. The molecule has 0 atom stereocenters. The van der Waals surface area contributed by atoms with Crippen molar-refractivity contribution in [3.63, 3.8) is 0 Å². The number of amides is 2. The number of rotatable bonds is 8. The van der Waals surface area contributed by atoms with Crippen molar-refractivity contribution in [1.29, 1.82) is 0 Å². The van der Waals surface area contributed by atoms with Gasteiger partial charge in [0.15, 0.2) is 5.75 Å². The number of para-hydroxylation sites is 2. The Bertz CT molecular complexity index is 1080. The quantitative estimate of drug-likeness (QED) is 0.390. The fourth-order valence-corrected chi connectivity index (χ4v) is 3.15. The third-order valence-corrected chi connectivity index (χ3v) is 4.84. The molecule has 3 rings (SSSR count). The van der Waals surface area contributed by atoms with Crippen molar-refractivity contribution in [2.75, 3.05) is 11.9 Å². The van der Waals surface area contributed by atoms with E-state index in [0.717, 1.165) is 0 Å². The first kappa shape index (κ1) is 22.9. The van der Waals surface area contributed by atoms with Gasteiger partial charge in [-0.25, -0.2) is 4.98 Å². The van der Waals surface area contributed by atoms with Crippen LogP contribution in [0.25, 0.3) is 0 Å². The lowest BCUT2D eigenvalue weighted by atomic mass is 10.2. The van der Waals surface area contributed by atoms with Crippen molar-refractivity contribution in [1.82, 2.24) is 10.3 Å². The van der Waals surface area contributed by atoms with E-state index in [1.807, 2.05) is 0 Å². The molecule has 0 fully saturated rings. The van der Waals surface area contributed by atoms with Gasteiger partial charge in [-0.05, 0) is 48.9 Å². The molecule has 0 saturated carbocycles. The summed E-state index contributed by atoms with van der Waals surface area (Å²) in [6.45, 7) is 0.358. The highest BCUT2D eigenvalue weighted by atomic mass is 35.5. The van der Waals surface area contributed by atoms with Crippen molar-refractivity contribution >= 4 is 52.3 Å². The number of anilines is 1. The van der Waals surface area contributed by atoms with E-state index in [2.05, 4.69) is 15.6 Å². The van der Waals surface area contributed by atoms with E-state index in [4.69, 9.17) is 39.5 Å². The molecule has 0 unspecified atom stereocenters. The monoisotopic (exact) mass is 477 g/mol. The summed E-state index contributed by atoms with van der Waals surface area (Å²) in [6, 6.07) is 15.0. The van der Waals surface area contributed by atoms with Gasteiger partial charge in [-0.15, -0.1) is 0 Å². The van der Waals surface area contributed by atoms with Gasteiger partial charge in [0, 0.05) is 29.7 Å². The normalized spacial score (nSPS) is 10.4. The van der Waals surface area contributed by atoms with Gasteiger partial charge in [0.2, 0.25) is 11.8 Å². The summed E-state index contributed by atoms with van der Waals surface area (Å²) in [5.41, 5.74) is 0.986. The number of pyridine rings is 1. The molecule has 1 aromatic heterocycles. The summed E-state index contributed by atoms with van der Waals surface area (Å²) < 4.78 is 5.73. The van der Waals surface area contributed by atoms with Gasteiger partial charge in [0.05, 0.1) is 10.7 Å². The Kier molecular flexibility index (Phi) is 8.12. The molecular formula is C22H18Cl3N3O3. The van der Waals surface area contributed by atoms with Crippen LogP contribution < -0.4 is 15.4 Å². The summed E-state index contributed by atoms with van der Waals surface area (Å²) >= 11 is 17.8. The number of ether oxygens (including phenoxy) is 1. The van der Waals surface area contributed by atoms with Crippen molar-refractivity contribution < 1.29 is 14.3 Å². The second-order valence-electron chi connectivity index (χ2n) is 6.45. The fourth-order valence-electron chi connectivity index (χ4n) is 2.61. The van der Waals surface area contributed by atoms with Crippen LogP contribution >= 0.6 is 34.8 Å². The molecule has 2 N–H and O–H groups in total. The fraction of sp³-hybridized carbons (Fsp3) is 0.136. The third-order valence-electron chi connectivity index (χ3n) is 4.11. The van der Waals surface area contributed by atoms with Crippen molar-refractivity contribution in [3.05, 3.63) is 81.4 Å². The molecule has 0 aliphatic heterocycles. The molecule has 0 spiro atoms. The van der Waals surface area contributed by atoms with Gasteiger partial charge >= 0.3 is 0 Å². The summed E-state index contributed by atoms with van der Waals surface area (Å²) in [5.74, 6) is 0.136. The second-order valence-corrected chi connectivity index (χ2v) is 7.73. The average molecular weight is 479 g/mol. The Balaban J connectivity index is 1.50. The topological polar surface area (TPSA) is 80.3 Å². The van der Waals surface area contributed by atoms with Crippen LogP contribution in [-0.4, -0.2) is 23.3 Å². The standard InChI is InChI=1S/C22H18Cl3N3O3/c23-15-9-7-14(8-10-15)21(30)26-11-3-6-20(29)28-18-4-1-2-5-19(18)31-22-17(25)12-16(24)13-27-22/h1-2,4-5,7-10,12-13H,3,6,11H2,(H,26,30)(H,28,29). The number of nitrogens with zero attached hydrogens (tertiary/aromatic N) is 1. The van der Waals surface area contributed by atoms with E-state index in [0.29, 0.717) is 40.0 Å². The molecule has 1 heterocycles. The lowest BCUT2D eigenvalue weighted by Crippen LogP contribution is -2.25. The van der Waals surface area contributed by atoms with Crippen LogP contribution in [-0.2, 0) is 4.79 Å². The molecule has 0 aliphatic rings. The predicted octanol–water partition coefficient (Wildman–Crippen LogP) is 5.98. The SMILES string of the molecule is O=C(CCCNC(=O)c1ccc(Cl)cc1)Nc1ccccc1Oc1ncc(Cl)cc1Cl. The molecule has 0 bridgehead atoms. The third kappa shape index (κ3) is 6.85. The Morgan fingerprint density at radius 1 is 0.968 bits per heavy atom. The Hall–Kier alpha value is -2.80. The van der Waals surface area contributed by atoms with E-state index < -0.39 is 0 Å². The van der Waals surface area contributed by atoms with E-state index >= 15 is 0 Å². The number of halogens is 3. The predicted molar refractivity (Wildman–Crippen MR) is 122 cm³/mol. The van der Waals surface area contributed by atoms with Gasteiger partial charge in [-0.3, -0.25) is 9.59 Å². The van der Waals surface area contributed by atoms with E-state index in [-0.39, 0.29) is 29.1 Å². The number of carbonyl (C=O) groups is 2. The minimum atomic E-state index is -0.219. The minimum absolute atomic E-state index is 0.178. The summed E-state index contributed by atoms with van der Waals surface area (Å²) in [5, 5.41) is 6.78. The molecule has 0 saturated heterocycles. The second kappa shape index (κ2) is 11.0. The Morgan fingerprint density at radius 3 is 2.45 bits per heavy atom. The molecule has 2 aromatic carbocycles. The van der Waals surface area contributed by atoms with Gasteiger partial charge in [-0.1, -0.05) is 46.9 Å². The number of hydrogen-bond donors (Lipinski definition) is 2. The van der Waals surface area contributed by atoms with Crippen LogP contribution in [0.1, 0.15) is 23.2 Å². The van der Waals surface area contributed by atoms with Crippen LogP contribution in [0.3, 0.4) is 0 Å². The highest BCUT2D eigenvalue weighted by Gasteiger charge is 2.12. The van der Waals surface area contributed by atoms with E-state index in [1.165, 1.54) is 12.3 Å². The smallest absolute Gasteiger partial charge is 0.251 e. The van der Waals surface area contributed by atoms with Crippen LogP contribution in [0.4, 0.5) is 5.69 Å². The van der Waals surface area contributed by atoms with Crippen molar-refractivity contribution in [2.45, 2.75) is 12.8 Å². The molecule has 2 amide bonds. The summed E-state index contributed by atoms with van der Waals surface area (Å²) in [7, 11) is 0. The Morgan fingerprint density at radius 2 is 1.71 bits per heavy atom. The average Bonchev–Trinajstić information content (AvgIpc) is 2.75. The van der Waals surface area contributed by atoms with E-state index in [1.54, 1.807) is 48.5 Å². The minimum Gasteiger partial charge on any atom is -0.435 e. The maximum Gasteiger partial charge on any atom is 0.251 e. The molecule has 0 aliphatic carbocycles. The van der Waals surface area contributed by atoms with Gasteiger partial charge in [0.25, 0.3) is 5.91 Å². The van der Waals surface area contributed by atoms with Gasteiger partial charge in [0.1, 0.15) is 5.02 Å². The first-order chi connectivity index (χ1) is 14.9. The number of nitrogens with one attached hydrogen (secondary N) is 2. The van der Waals surface area contributed by atoms with Crippen LogP contribution in [0.5, 0.6) is 11.6 Å². The zero-order valence-electron chi connectivity index (χ0n) is 16.2. The summed E-state index contributed by atoms with van der Waals surface area (Å²) in [4.78, 5) is 28.4. The maximum atomic E-state index is 12.3. The van der Waals surface area contributed by atoms with Gasteiger partial charge in [-0.2, -0.15) is 0 Å². The molecule has 0 radical (unpaired) electrons. The molecule has 3 aromatic rings. The number of benzene rings is 2. The lowest BCUT2D eigenvalue weighted by molar-refractivity contribution is -0.116. The van der Waals surface area contributed by atoms with Crippen molar-refractivity contribution in [2.24, 2.45) is 0 Å². The molecule has 160 valence electrons. The van der Waals surface area contributed by atoms with Crippen molar-refractivity contribution in [3.8, 4) is 11.6 Å². The first-order valence-corrected chi connectivity index (χ1v) is 10.5. The molecule has 31 heavy (non-hydrogen) atoms. The molecule has 9 heteroatoms. The van der Waals surface area contributed by atoms with Gasteiger partial charge < -0.3 is 15.4 Å². The maximum absolute atomic E-state index is 12.3. The summed E-state index contributed by atoms with van der Waals surface area (Å²) in [6.07, 6.45) is 2.11. The highest BCUT2D eigenvalue weighted by Crippen LogP contribution is 2.33. The zero-order valence-corrected chi connectivity index (χ0v) is 18.5. The van der Waals surface area contributed by atoms with Crippen LogP contribution in [0, 0.1) is 0 Å².